The van der Waals surface area contributed by atoms with Crippen LogP contribution >= 0.6 is 12.2 Å². The third-order valence-corrected chi connectivity index (χ3v) is 2.90. The van der Waals surface area contributed by atoms with E-state index in [9.17, 15) is 0 Å². The Hall–Kier alpha value is -1.13. The zero-order valence-electron chi connectivity index (χ0n) is 11.7. The van der Waals surface area contributed by atoms with Gasteiger partial charge in [-0.25, -0.2) is 0 Å². The van der Waals surface area contributed by atoms with Crippen LogP contribution in [0.15, 0.2) is 24.3 Å². The van der Waals surface area contributed by atoms with Gasteiger partial charge in [0, 0.05) is 19.6 Å². The molecule has 0 unspecified atom stereocenters. The van der Waals surface area contributed by atoms with Gasteiger partial charge in [0.1, 0.15) is 10.7 Å². The standard InChI is InChI=1S/C15H23NO2S/c1-12(2)8-11-17-9-5-10-18-14-7-4-3-6-13(14)15(16)19/h3-4,6-7,12H,5,8-11H2,1-2H3,(H2,16,19). The Morgan fingerprint density at radius 1 is 1.21 bits per heavy atom. The third kappa shape index (κ3) is 6.55. The molecule has 0 atom stereocenters. The predicted octanol–water partition coefficient (Wildman–Crippen LogP) is 3.15. The van der Waals surface area contributed by atoms with Gasteiger partial charge in [-0.15, -0.1) is 0 Å². The minimum Gasteiger partial charge on any atom is -0.493 e. The van der Waals surface area contributed by atoms with Crippen molar-refractivity contribution in [2.75, 3.05) is 19.8 Å². The van der Waals surface area contributed by atoms with Crippen molar-refractivity contribution < 1.29 is 9.47 Å². The molecule has 0 saturated carbocycles. The number of ether oxygens (including phenoxy) is 2. The lowest BCUT2D eigenvalue weighted by molar-refractivity contribution is 0.110. The molecule has 0 aliphatic carbocycles. The minimum atomic E-state index is 0.365. The maximum absolute atomic E-state index is 5.68. The summed E-state index contributed by atoms with van der Waals surface area (Å²) in [7, 11) is 0. The second-order valence-corrected chi connectivity index (χ2v) is 5.30. The van der Waals surface area contributed by atoms with Gasteiger partial charge in [-0.2, -0.15) is 0 Å². The van der Waals surface area contributed by atoms with Crippen molar-refractivity contribution in [1.82, 2.24) is 0 Å². The Bertz CT molecular complexity index is 393. The SMILES string of the molecule is CC(C)CCOCCCOc1ccccc1C(N)=S. The van der Waals surface area contributed by atoms with E-state index in [1.807, 2.05) is 24.3 Å². The molecule has 1 aromatic rings. The smallest absolute Gasteiger partial charge is 0.129 e. The molecule has 4 heteroatoms. The average molecular weight is 281 g/mol. The van der Waals surface area contributed by atoms with E-state index in [0.717, 1.165) is 37.4 Å². The second-order valence-electron chi connectivity index (χ2n) is 4.86. The van der Waals surface area contributed by atoms with Crippen molar-refractivity contribution in [3.63, 3.8) is 0 Å². The van der Waals surface area contributed by atoms with Crippen molar-refractivity contribution in [3.8, 4) is 5.75 Å². The summed E-state index contributed by atoms with van der Waals surface area (Å²) in [6.07, 6.45) is 1.97. The summed E-state index contributed by atoms with van der Waals surface area (Å²) < 4.78 is 11.2. The Balaban J connectivity index is 2.21. The molecular weight excluding hydrogens is 258 g/mol. The molecular formula is C15H23NO2S. The number of nitrogens with two attached hydrogens (primary N) is 1. The molecule has 0 heterocycles. The number of benzene rings is 1. The largest absolute Gasteiger partial charge is 0.493 e. The van der Waals surface area contributed by atoms with Crippen LogP contribution in [0.5, 0.6) is 5.75 Å². The molecule has 106 valence electrons. The first-order valence-corrected chi connectivity index (χ1v) is 7.11. The van der Waals surface area contributed by atoms with E-state index in [1.54, 1.807) is 0 Å². The first kappa shape index (κ1) is 15.9. The fraction of sp³-hybridized carbons (Fsp3) is 0.533. The van der Waals surface area contributed by atoms with Crippen molar-refractivity contribution in [3.05, 3.63) is 29.8 Å². The molecule has 0 radical (unpaired) electrons. The summed E-state index contributed by atoms with van der Waals surface area (Å²) in [4.78, 5) is 0.365. The molecule has 1 rings (SSSR count). The van der Waals surface area contributed by atoms with E-state index < -0.39 is 0 Å². The van der Waals surface area contributed by atoms with Crippen molar-refractivity contribution >= 4 is 17.2 Å². The molecule has 0 fully saturated rings. The van der Waals surface area contributed by atoms with Gasteiger partial charge in [-0.1, -0.05) is 38.2 Å². The van der Waals surface area contributed by atoms with Gasteiger partial charge in [-0.3, -0.25) is 0 Å². The molecule has 0 amide bonds. The third-order valence-electron chi connectivity index (χ3n) is 2.68. The van der Waals surface area contributed by atoms with E-state index in [-0.39, 0.29) is 0 Å². The summed E-state index contributed by atoms with van der Waals surface area (Å²) in [6.45, 7) is 6.54. The fourth-order valence-corrected chi connectivity index (χ4v) is 1.73. The zero-order chi connectivity index (χ0) is 14.1. The topological polar surface area (TPSA) is 44.5 Å². The number of hydrogen-bond acceptors (Lipinski definition) is 3. The molecule has 0 spiro atoms. The van der Waals surface area contributed by atoms with E-state index in [1.165, 1.54) is 0 Å². The van der Waals surface area contributed by atoms with E-state index in [4.69, 9.17) is 27.4 Å². The second kappa shape index (κ2) is 8.88. The Morgan fingerprint density at radius 3 is 2.63 bits per heavy atom. The summed E-state index contributed by atoms with van der Waals surface area (Å²) in [5, 5.41) is 0. The maximum Gasteiger partial charge on any atom is 0.129 e. The van der Waals surface area contributed by atoms with Crippen LogP contribution in [0.2, 0.25) is 0 Å². The lowest BCUT2D eigenvalue weighted by Crippen LogP contribution is -2.12. The highest BCUT2D eigenvalue weighted by atomic mass is 32.1. The Morgan fingerprint density at radius 2 is 1.95 bits per heavy atom. The molecule has 3 nitrogen and oxygen atoms in total. The van der Waals surface area contributed by atoms with Gasteiger partial charge in [0.15, 0.2) is 0 Å². The van der Waals surface area contributed by atoms with E-state index in [0.29, 0.717) is 17.5 Å². The molecule has 0 bridgehead atoms. The van der Waals surface area contributed by atoms with E-state index in [2.05, 4.69) is 13.8 Å². The van der Waals surface area contributed by atoms with E-state index >= 15 is 0 Å². The van der Waals surface area contributed by atoms with Crippen molar-refractivity contribution in [2.45, 2.75) is 26.7 Å². The maximum atomic E-state index is 5.68. The Labute approximate surface area is 121 Å². The minimum absolute atomic E-state index is 0.365. The number of thiocarbonyl (C=S) groups is 1. The summed E-state index contributed by atoms with van der Waals surface area (Å²) in [5.74, 6) is 1.44. The van der Waals surface area contributed by atoms with Crippen LogP contribution in [0.25, 0.3) is 0 Å². The van der Waals surface area contributed by atoms with Crippen LogP contribution in [0.3, 0.4) is 0 Å². The van der Waals surface area contributed by atoms with Gasteiger partial charge in [0.25, 0.3) is 0 Å². The number of rotatable bonds is 9. The lowest BCUT2D eigenvalue weighted by Gasteiger charge is -2.10. The highest BCUT2D eigenvalue weighted by molar-refractivity contribution is 7.80. The average Bonchev–Trinajstić information content (AvgIpc) is 2.37. The van der Waals surface area contributed by atoms with Gasteiger partial charge in [0.2, 0.25) is 0 Å². The first-order valence-electron chi connectivity index (χ1n) is 6.70. The van der Waals surface area contributed by atoms with Crippen LogP contribution < -0.4 is 10.5 Å². The molecule has 0 aliphatic heterocycles. The molecule has 0 aromatic heterocycles. The van der Waals surface area contributed by atoms with Crippen LogP contribution in [0, 0.1) is 5.92 Å². The molecule has 1 aromatic carbocycles. The van der Waals surface area contributed by atoms with Gasteiger partial charge in [0.05, 0.1) is 12.2 Å². The van der Waals surface area contributed by atoms with Crippen LogP contribution in [-0.4, -0.2) is 24.8 Å². The fourth-order valence-electron chi connectivity index (χ4n) is 1.56. The Kier molecular flexibility index (Phi) is 7.45. The van der Waals surface area contributed by atoms with Gasteiger partial charge >= 0.3 is 0 Å². The van der Waals surface area contributed by atoms with Crippen LogP contribution in [0.1, 0.15) is 32.3 Å². The monoisotopic (exact) mass is 281 g/mol. The molecule has 19 heavy (non-hydrogen) atoms. The molecule has 0 aliphatic rings. The summed E-state index contributed by atoms with van der Waals surface area (Å²) >= 11 is 4.98. The number of para-hydroxylation sites is 1. The predicted molar refractivity (Wildman–Crippen MR) is 82.7 cm³/mol. The lowest BCUT2D eigenvalue weighted by atomic mass is 10.1. The zero-order valence-corrected chi connectivity index (χ0v) is 12.5. The van der Waals surface area contributed by atoms with Crippen molar-refractivity contribution in [2.24, 2.45) is 11.7 Å². The van der Waals surface area contributed by atoms with Gasteiger partial charge in [-0.05, 0) is 24.5 Å². The van der Waals surface area contributed by atoms with Crippen molar-refractivity contribution in [1.29, 1.82) is 0 Å². The highest BCUT2D eigenvalue weighted by Gasteiger charge is 2.04. The summed E-state index contributed by atoms with van der Waals surface area (Å²) in [5.41, 5.74) is 6.43. The highest BCUT2D eigenvalue weighted by Crippen LogP contribution is 2.17. The molecule has 2 N–H and O–H groups in total. The quantitative estimate of drug-likeness (QED) is 0.558. The van der Waals surface area contributed by atoms with Gasteiger partial charge < -0.3 is 15.2 Å². The van der Waals surface area contributed by atoms with Crippen LogP contribution in [-0.2, 0) is 4.74 Å². The number of hydrogen-bond donors (Lipinski definition) is 1. The summed E-state index contributed by atoms with van der Waals surface area (Å²) in [6, 6.07) is 7.57. The molecule has 0 saturated heterocycles. The normalized spacial score (nSPS) is 10.7. The van der Waals surface area contributed by atoms with Crippen LogP contribution in [0.4, 0.5) is 0 Å². The first-order chi connectivity index (χ1) is 9.11.